The molecule has 0 aliphatic carbocycles. The Kier molecular flexibility index (Phi) is 5.02. The Morgan fingerprint density at radius 2 is 2.22 bits per heavy atom. The van der Waals surface area contributed by atoms with E-state index in [4.69, 9.17) is 4.74 Å². The van der Waals surface area contributed by atoms with Gasteiger partial charge < -0.3 is 10.1 Å². The largest absolute Gasteiger partial charge is 0.496 e. The molecule has 1 aromatic carbocycles. The molecular weight excluding hydrogens is 224 g/mol. The minimum absolute atomic E-state index is 0.713. The highest BCUT2D eigenvalue weighted by atomic mass is 16.5. The van der Waals surface area contributed by atoms with Crippen LogP contribution in [0.25, 0.3) is 0 Å². The van der Waals surface area contributed by atoms with E-state index in [0.717, 1.165) is 18.8 Å². The fraction of sp³-hybridized carbons (Fsp3) is 0.600. The van der Waals surface area contributed by atoms with Gasteiger partial charge in [0, 0.05) is 24.7 Å². The number of hydrogen-bond donors (Lipinski definition) is 1. The van der Waals surface area contributed by atoms with Crippen molar-refractivity contribution >= 4 is 0 Å². The number of likely N-dealkylation sites (tertiary alicyclic amines) is 1. The molecule has 1 aliphatic rings. The van der Waals surface area contributed by atoms with Gasteiger partial charge in [-0.15, -0.1) is 0 Å². The average Bonchev–Trinajstić information content (AvgIpc) is 2.87. The Morgan fingerprint density at radius 1 is 1.39 bits per heavy atom. The van der Waals surface area contributed by atoms with Crippen LogP contribution in [0.15, 0.2) is 24.3 Å². The third-order valence-corrected chi connectivity index (χ3v) is 3.79. The van der Waals surface area contributed by atoms with Gasteiger partial charge in [0.15, 0.2) is 0 Å². The van der Waals surface area contributed by atoms with Crippen molar-refractivity contribution in [3.05, 3.63) is 29.8 Å². The van der Waals surface area contributed by atoms with Crippen LogP contribution in [0.4, 0.5) is 0 Å². The lowest BCUT2D eigenvalue weighted by molar-refractivity contribution is 0.259. The molecule has 1 atom stereocenters. The molecule has 3 heteroatoms. The number of rotatable bonds is 6. The lowest BCUT2D eigenvalue weighted by Crippen LogP contribution is -2.37. The van der Waals surface area contributed by atoms with Crippen LogP contribution in [0.2, 0.25) is 0 Å². The van der Waals surface area contributed by atoms with Crippen molar-refractivity contribution < 1.29 is 4.74 Å². The van der Waals surface area contributed by atoms with Crippen LogP contribution in [0.1, 0.15) is 25.3 Å². The second-order valence-corrected chi connectivity index (χ2v) is 4.87. The molecule has 18 heavy (non-hydrogen) atoms. The zero-order valence-electron chi connectivity index (χ0n) is 11.5. The van der Waals surface area contributed by atoms with Crippen molar-refractivity contribution in [3.63, 3.8) is 0 Å². The summed E-state index contributed by atoms with van der Waals surface area (Å²) in [4.78, 5) is 2.56. The molecule has 0 bridgehead atoms. The Morgan fingerprint density at radius 3 is 3.00 bits per heavy atom. The summed E-state index contributed by atoms with van der Waals surface area (Å²) < 4.78 is 5.36. The number of ether oxygens (including phenoxy) is 1. The van der Waals surface area contributed by atoms with Crippen molar-refractivity contribution in [1.29, 1.82) is 0 Å². The summed E-state index contributed by atoms with van der Waals surface area (Å²) >= 11 is 0. The highest BCUT2D eigenvalue weighted by Crippen LogP contribution is 2.18. The Labute approximate surface area is 110 Å². The highest BCUT2D eigenvalue weighted by molar-refractivity contribution is 5.32. The van der Waals surface area contributed by atoms with E-state index in [9.17, 15) is 0 Å². The van der Waals surface area contributed by atoms with Gasteiger partial charge in [0.25, 0.3) is 0 Å². The molecule has 0 saturated carbocycles. The third-order valence-electron chi connectivity index (χ3n) is 3.79. The van der Waals surface area contributed by atoms with E-state index in [-0.39, 0.29) is 0 Å². The predicted molar refractivity (Wildman–Crippen MR) is 75.0 cm³/mol. The van der Waals surface area contributed by atoms with Gasteiger partial charge >= 0.3 is 0 Å². The van der Waals surface area contributed by atoms with E-state index >= 15 is 0 Å². The molecule has 0 unspecified atom stereocenters. The number of benzene rings is 1. The molecule has 1 heterocycles. The smallest absolute Gasteiger partial charge is 0.123 e. The van der Waals surface area contributed by atoms with Gasteiger partial charge in [-0.1, -0.05) is 25.1 Å². The summed E-state index contributed by atoms with van der Waals surface area (Å²) in [5, 5.41) is 3.56. The minimum Gasteiger partial charge on any atom is -0.496 e. The van der Waals surface area contributed by atoms with Gasteiger partial charge in [-0.2, -0.15) is 0 Å². The zero-order chi connectivity index (χ0) is 12.8. The molecule has 0 radical (unpaired) electrons. The van der Waals surface area contributed by atoms with Crippen LogP contribution in [0, 0.1) is 0 Å². The van der Waals surface area contributed by atoms with Gasteiger partial charge in [0.1, 0.15) is 5.75 Å². The fourth-order valence-electron chi connectivity index (χ4n) is 2.77. The van der Waals surface area contributed by atoms with Crippen LogP contribution in [-0.4, -0.2) is 37.7 Å². The monoisotopic (exact) mass is 248 g/mol. The topological polar surface area (TPSA) is 24.5 Å². The molecule has 1 aliphatic heterocycles. The lowest BCUT2D eigenvalue weighted by atomic mass is 10.2. The lowest BCUT2D eigenvalue weighted by Gasteiger charge is -2.23. The number of para-hydroxylation sites is 1. The van der Waals surface area contributed by atoms with E-state index in [2.05, 4.69) is 29.3 Å². The quantitative estimate of drug-likeness (QED) is 0.836. The second-order valence-electron chi connectivity index (χ2n) is 4.87. The number of methoxy groups -OCH3 is 1. The normalized spacial score (nSPS) is 20.2. The SMILES string of the molecule is CCN1CCC[C@@H]1CNCc1ccccc1OC. The Hall–Kier alpha value is -1.06. The molecule has 0 amide bonds. The Bertz CT molecular complexity index is 367. The van der Waals surface area contributed by atoms with Gasteiger partial charge in [0.2, 0.25) is 0 Å². The fourth-order valence-corrected chi connectivity index (χ4v) is 2.77. The molecule has 1 N–H and O–H groups in total. The first-order valence-corrected chi connectivity index (χ1v) is 6.91. The molecule has 2 rings (SSSR count). The molecule has 0 aromatic heterocycles. The molecule has 1 aromatic rings. The summed E-state index contributed by atoms with van der Waals surface area (Å²) in [5.74, 6) is 0.976. The van der Waals surface area contributed by atoms with Gasteiger partial charge in [-0.25, -0.2) is 0 Å². The van der Waals surface area contributed by atoms with Crippen LogP contribution < -0.4 is 10.1 Å². The number of nitrogens with one attached hydrogen (secondary N) is 1. The molecule has 1 saturated heterocycles. The maximum absolute atomic E-state index is 5.36. The minimum atomic E-state index is 0.713. The molecule has 3 nitrogen and oxygen atoms in total. The first kappa shape index (κ1) is 13.4. The maximum Gasteiger partial charge on any atom is 0.123 e. The van der Waals surface area contributed by atoms with E-state index in [1.54, 1.807) is 7.11 Å². The summed E-state index contributed by atoms with van der Waals surface area (Å²) in [7, 11) is 1.73. The van der Waals surface area contributed by atoms with Crippen molar-refractivity contribution in [1.82, 2.24) is 10.2 Å². The first-order chi connectivity index (χ1) is 8.85. The van der Waals surface area contributed by atoms with Gasteiger partial charge in [-0.3, -0.25) is 4.90 Å². The van der Waals surface area contributed by atoms with Crippen LogP contribution in [0.3, 0.4) is 0 Å². The molecular formula is C15H24N2O. The highest BCUT2D eigenvalue weighted by Gasteiger charge is 2.22. The standard InChI is InChI=1S/C15H24N2O/c1-3-17-10-6-8-14(17)12-16-11-13-7-4-5-9-15(13)18-2/h4-5,7,9,14,16H,3,6,8,10-12H2,1-2H3/t14-/m1/s1. The van der Waals surface area contributed by atoms with Crippen molar-refractivity contribution in [2.24, 2.45) is 0 Å². The Balaban J connectivity index is 1.81. The number of likely N-dealkylation sites (N-methyl/N-ethyl adjacent to an activating group) is 1. The van der Waals surface area contributed by atoms with Crippen LogP contribution in [0.5, 0.6) is 5.75 Å². The van der Waals surface area contributed by atoms with E-state index in [0.29, 0.717) is 6.04 Å². The van der Waals surface area contributed by atoms with Gasteiger partial charge in [-0.05, 0) is 32.0 Å². The maximum atomic E-state index is 5.36. The van der Waals surface area contributed by atoms with E-state index in [1.165, 1.54) is 31.5 Å². The number of hydrogen-bond acceptors (Lipinski definition) is 3. The summed E-state index contributed by atoms with van der Waals surface area (Å²) in [6.45, 7) is 6.64. The predicted octanol–water partition coefficient (Wildman–Crippen LogP) is 2.27. The van der Waals surface area contributed by atoms with Crippen molar-refractivity contribution in [2.45, 2.75) is 32.4 Å². The average molecular weight is 248 g/mol. The van der Waals surface area contributed by atoms with E-state index < -0.39 is 0 Å². The molecule has 1 fully saturated rings. The second kappa shape index (κ2) is 6.76. The van der Waals surface area contributed by atoms with Gasteiger partial charge in [0.05, 0.1) is 7.11 Å². The molecule has 100 valence electrons. The third kappa shape index (κ3) is 3.24. The molecule has 0 spiro atoms. The van der Waals surface area contributed by atoms with E-state index in [1.807, 2.05) is 12.1 Å². The summed E-state index contributed by atoms with van der Waals surface area (Å²) in [6, 6.07) is 8.93. The summed E-state index contributed by atoms with van der Waals surface area (Å²) in [5.41, 5.74) is 1.24. The van der Waals surface area contributed by atoms with Crippen molar-refractivity contribution in [2.75, 3.05) is 26.7 Å². The van der Waals surface area contributed by atoms with Crippen LogP contribution in [-0.2, 0) is 6.54 Å². The zero-order valence-corrected chi connectivity index (χ0v) is 11.5. The number of nitrogens with zero attached hydrogens (tertiary/aromatic N) is 1. The van der Waals surface area contributed by atoms with Crippen molar-refractivity contribution in [3.8, 4) is 5.75 Å². The first-order valence-electron chi connectivity index (χ1n) is 6.91. The van der Waals surface area contributed by atoms with Crippen LogP contribution >= 0.6 is 0 Å². The summed E-state index contributed by atoms with van der Waals surface area (Å²) in [6.07, 6.45) is 2.67.